The lowest BCUT2D eigenvalue weighted by Crippen LogP contribution is -2.05. The molecule has 0 N–H and O–H groups in total. The minimum absolute atomic E-state index is 0.0777. The Morgan fingerprint density at radius 1 is 1.16 bits per heavy atom. The highest BCUT2D eigenvalue weighted by Gasteiger charge is 2.06. The molecule has 0 atom stereocenters. The van der Waals surface area contributed by atoms with E-state index in [1.54, 1.807) is 12.3 Å². The van der Waals surface area contributed by atoms with Gasteiger partial charge < -0.3 is 4.74 Å². The molecular weight excluding hydrogens is 238 g/mol. The van der Waals surface area contributed by atoms with Crippen LogP contribution in [0.5, 0.6) is 5.75 Å². The zero-order chi connectivity index (χ0) is 13.8. The average molecular weight is 255 g/mol. The van der Waals surface area contributed by atoms with Gasteiger partial charge >= 0.3 is 0 Å². The zero-order valence-electron chi connectivity index (χ0n) is 11.4. The summed E-state index contributed by atoms with van der Waals surface area (Å²) in [4.78, 5) is 15.2. The molecule has 0 aliphatic rings. The number of hydrogen-bond acceptors (Lipinski definition) is 3. The maximum absolute atomic E-state index is 11.0. The van der Waals surface area contributed by atoms with Gasteiger partial charge in [0, 0.05) is 17.5 Å². The smallest absolute Gasteiger partial charge is 0.150 e. The van der Waals surface area contributed by atoms with Crippen LogP contribution in [0, 0.1) is 6.92 Å². The van der Waals surface area contributed by atoms with E-state index in [4.69, 9.17) is 4.74 Å². The predicted octanol–water partition coefficient (Wildman–Crippen LogP) is 3.66. The quantitative estimate of drug-likeness (QED) is 0.783. The molecule has 0 spiro atoms. The fraction of sp³-hybridized carbons (Fsp3) is 0.250. The Kier molecular flexibility index (Phi) is 3.95. The molecule has 3 nitrogen and oxygen atoms in total. The number of benzene rings is 1. The molecule has 98 valence electrons. The van der Waals surface area contributed by atoms with Crippen LogP contribution in [-0.4, -0.2) is 17.4 Å². The van der Waals surface area contributed by atoms with E-state index >= 15 is 0 Å². The summed E-state index contributed by atoms with van der Waals surface area (Å²) in [6, 6.07) is 9.47. The number of aromatic nitrogens is 1. The first kappa shape index (κ1) is 13.3. The van der Waals surface area contributed by atoms with E-state index < -0.39 is 0 Å². The van der Waals surface area contributed by atoms with Crippen molar-refractivity contribution in [2.45, 2.75) is 26.9 Å². The van der Waals surface area contributed by atoms with Gasteiger partial charge in [-0.2, -0.15) is 0 Å². The summed E-state index contributed by atoms with van der Waals surface area (Å²) < 4.78 is 5.67. The molecule has 2 aromatic rings. The van der Waals surface area contributed by atoms with Crippen molar-refractivity contribution in [1.29, 1.82) is 0 Å². The van der Waals surface area contributed by atoms with Crippen molar-refractivity contribution in [3.05, 3.63) is 47.8 Å². The summed E-state index contributed by atoms with van der Waals surface area (Å²) >= 11 is 0. The minimum atomic E-state index is 0.0777. The summed E-state index contributed by atoms with van der Waals surface area (Å²) in [7, 11) is 0. The SMILES string of the molecule is Cc1cc(-c2cc(C=O)cc(OC(C)C)c2)ccn1. The Hall–Kier alpha value is -2.16. The molecule has 0 radical (unpaired) electrons. The predicted molar refractivity (Wildman–Crippen MR) is 75.6 cm³/mol. The molecule has 0 fully saturated rings. The Labute approximate surface area is 113 Å². The van der Waals surface area contributed by atoms with E-state index in [1.807, 2.05) is 45.0 Å². The average Bonchev–Trinajstić information content (AvgIpc) is 2.37. The standard InChI is InChI=1S/C16H17NO2/c1-11(2)19-16-8-13(10-18)7-15(9-16)14-4-5-17-12(3)6-14/h4-11H,1-3H3. The topological polar surface area (TPSA) is 39.2 Å². The highest BCUT2D eigenvalue weighted by Crippen LogP contribution is 2.26. The second-order valence-corrected chi connectivity index (χ2v) is 4.76. The van der Waals surface area contributed by atoms with Crippen molar-refractivity contribution >= 4 is 6.29 Å². The lowest BCUT2D eigenvalue weighted by atomic mass is 10.0. The van der Waals surface area contributed by atoms with Crippen LogP contribution >= 0.6 is 0 Å². The molecule has 0 aliphatic carbocycles. The van der Waals surface area contributed by atoms with Crippen LogP contribution in [-0.2, 0) is 0 Å². The number of rotatable bonds is 4. The normalized spacial score (nSPS) is 10.5. The van der Waals surface area contributed by atoms with Crippen LogP contribution in [0.25, 0.3) is 11.1 Å². The maximum Gasteiger partial charge on any atom is 0.150 e. The third-order valence-electron chi connectivity index (χ3n) is 2.67. The Bertz CT molecular complexity index is 591. The second-order valence-electron chi connectivity index (χ2n) is 4.76. The summed E-state index contributed by atoms with van der Waals surface area (Å²) in [5.41, 5.74) is 3.55. The summed E-state index contributed by atoms with van der Waals surface area (Å²) in [5.74, 6) is 0.712. The zero-order valence-corrected chi connectivity index (χ0v) is 11.4. The van der Waals surface area contributed by atoms with Gasteiger partial charge in [0.2, 0.25) is 0 Å². The molecule has 3 heteroatoms. The maximum atomic E-state index is 11.0. The van der Waals surface area contributed by atoms with Crippen LogP contribution in [0.4, 0.5) is 0 Å². The fourth-order valence-corrected chi connectivity index (χ4v) is 1.92. The molecule has 0 saturated heterocycles. The van der Waals surface area contributed by atoms with E-state index in [9.17, 15) is 4.79 Å². The van der Waals surface area contributed by atoms with Crippen LogP contribution in [0.2, 0.25) is 0 Å². The first-order valence-electron chi connectivity index (χ1n) is 6.28. The fourth-order valence-electron chi connectivity index (χ4n) is 1.92. The van der Waals surface area contributed by atoms with Crippen LogP contribution in [0.1, 0.15) is 29.9 Å². The molecule has 1 aromatic heterocycles. The van der Waals surface area contributed by atoms with E-state index in [1.165, 1.54) is 0 Å². The monoisotopic (exact) mass is 255 g/mol. The van der Waals surface area contributed by atoms with E-state index in [-0.39, 0.29) is 6.10 Å². The molecule has 2 rings (SSSR count). The van der Waals surface area contributed by atoms with Gasteiger partial charge in [-0.3, -0.25) is 9.78 Å². The Morgan fingerprint density at radius 3 is 2.58 bits per heavy atom. The van der Waals surface area contributed by atoms with Crippen molar-refractivity contribution in [2.24, 2.45) is 0 Å². The Morgan fingerprint density at radius 2 is 1.95 bits per heavy atom. The van der Waals surface area contributed by atoms with E-state index in [2.05, 4.69) is 4.98 Å². The van der Waals surface area contributed by atoms with Crippen LogP contribution in [0.15, 0.2) is 36.5 Å². The third kappa shape index (κ3) is 3.41. The lowest BCUT2D eigenvalue weighted by molar-refractivity contribution is 0.112. The van der Waals surface area contributed by atoms with Crippen molar-refractivity contribution in [3.8, 4) is 16.9 Å². The van der Waals surface area contributed by atoms with Gasteiger partial charge in [0.1, 0.15) is 12.0 Å². The summed E-state index contributed by atoms with van der Waals surface area (Å²) in [6.45, 7) is 5.87. The minimum Gasteiger partial charge on any atom is -0.491 e. The van der Waals surface area contributed by atoms with Crippen molar-refractivity contribution < 1.29 is 9.53 Å². The summed E-state index contributed by atoms with van der Waals surface area (Å²) in [6.07, 6.45) is 2.68. The highest BCUT2D eigenvalue weighted by molar-refractivity contribution is 5.80. The largest absolute Gasteiger partial charge is 0.491 e. The highest BCUT2D eigenvalue weighted by atomic mass is 16.5. The Balaban J connectivity index is 2.47. The number of aldehydes is 1. The van der Waals surface area contributed by atoms with Gasteiger partial charge in [-0.1, -0.05) is 0 Å². The number of nitrogens with zero attached hydrogens (tertiary/aromatic N) is 1. The molecular formula is C16H17NO2. The van der Waals surface area contributed by atoms with E-state index in [0.29, 0.717) is 11.3 Å². The van der Waals surface area contributed by atoms with E-state index in [0.717, 1.165) is 23.1 Å². The molecule has 0 saturated carbocycles. The van der Waals surface area contributed by atoms with Crippen molar-refractivity contribution in [3.63, 3.8) is 0 Å². The number of hydrogen-bond donors (Lipinski definition) is 0. The number of ether oxygens (including phenoxy) is 1. The third-order valence-corrected chi connectivity index (χ3v) is 2.67. The van der Waals surface area contributed by atoms with Crippen molar-refractivity contribution in [2.75, 3.05) is 0 Å². The molecule has 1 aromatic carbocycles. The van der Waals surface area contributed by atoms with Crippen LogP contribution in [0.3, 0.4) is 0 Å². The number of carbonyl (C=O) groups excluding carboxylic acids is 1. The molecule has 0 amide bonds. The molecule has 0 unspecified atom stereocenters. The first-order chi connectivity index (χ1) is 9.08. The summed E-state index contributed by atoms with van der Waals surface area (Å²) in [5, 5.41) is 0. The van der Waals surface area contributed by atoms with Gasteiger partial charge in [0.25, 0.3) is 0 Å². The molecule has 19 heavy (non-hydrogen) atoms. The van der Waals surface area contributed by atoms with Crippen molar-refractivity contribution in [1.82, 2.24) is 4.98 Å². The second kappa shape index (κ2) is 5.65. The van der Waals surface area contributed by atoms with Gasteiger partial charge in [-0.15, -0.1) is 0 Å². The number of aryl methyl sites for hydroxylation is 1. The van der Waals surface area contributed by atoms with Gasteiger partial charge in [0.05, 0.1) is 6.10 Å². The molecule has 0 aliphatic heterocycles. The lowest BCUT2D eigenvalue weighted by Gasteiger charge is -2.12. The van der Waals surface area contributed by atoms with Gasteiger partial charge in [-0.05, 0) is 62.2 Å². The molecule has 1 heterocycles. The number of pyridine rings is 1. The van der Waals surface area contributed by atoms with Gasteiger partial charge in [0.15, 0.2) is 0 Å². The van der Waals surface area contributed by atoms with Gasteiger partial charge in [-0.25, -0.2) is 0 Å². The van der Waals surface area contributed by atoms with Crippen LogP contribution < -0.4 is 4.74 Å². The molecule has 0 bridgehead atoms. The first-order valence-corrected chi connectivity index (χ1v) is 6.28. The number of carbonyl (C=O) groups is 1.